The van der Waals surface area contributed by atoms with Crippen LogP contribution in [0.5, 0.6) is 23.0 Å². The van der Waals surface area contributed by atoms with E-state index in [-0.39, 0.29) is 66.9 Å². The lowest BCUT2D eigenvalue weighted by molar-refractivity contribution is -0.385. The molecule has 17 heteroatoms. The zero-order valence-electron chi connectivity index (χ0n) is 35.3. The van der Waals surface area contributed by atoms with Gasteiger partial charge in [0.2, 0.25) is 12.1 Å². The number of likely N-dealkylation sites (N-methyl/N-ethyl adjacent to an activating group) is 1. The average molecular weight is 871 g/mol. The standard InChI is InChI=1S/C46H54N4O13/c1-3-24-59-46-41(48(2)45(53)61-33-18-16-31(17-19-33)49(54)55)29-39(47-63-42-15-6-9-25-58-42)37-26-30(11-4-7-22-51)36(14-5-8-23-52)43(44(37)46)38-28-35(20-21-40(38)62-46)60-34-13-10-12-32(27-34)50(56)57/h3,10,12-13,16-21,26-28,30,36,41-44,51-52H,1,4-9,11,14-15,22-25,29H2,2H3. The number of hydrogen-bond donors (Lipinski definition) is 2. The molecule has 3 aromatic carbocycles. The van der Waals surface area contributed by atoms with E-state index in [1.807, 2.05) is 6.07 Å². The topological polar surface area (TPSA) is 215 Å². The van der Waals surface area contributed by atoms with Crippen molar-refractivity contribution in [2.45, 2.75) is 88.2 Å². The summed E-state index contributed by atoms with van der Waals surface area (Å²) < 4.78 is 32.1. The second-order valence-corrected chi connectivity index (χ2v) is 16.3. The number of hydrogen-bond acceptors (Lipinski definition) is 14. The van der Waals surface area contributed by atoms with Crippen LogP contribution in [0.4, 0.5) is 16.2 Å². The number of oxime groups is 1. The van der Waals surface area contributed by atoms with E-state index in [1.54, 1.807) is 37.4 Å². The second-order valence-electron chi connectivity index (χ2n) is 16.3. The molecule has 0 aromatic heterocycles. The highest BCUT2D eigenvalue weighted by molar-refractivity contribution is 6.03. The zero-order valence-corrected chi connectivity index (χ0v) is 35.3. The van der Waals surface area contributed by atoms with Crippen molar-refractivity contribution in [1.82, 2.24) is 4.90 Å². The molecule has 1 amide bonds. The van der Waals surface area contributed by atoms with Gasteiger partial charge in [-0.1, -0.05) is 36.2 Å². The van der Waals surface area contributed by atoms with Crippen molar-refractivity contribution in [3.05, 3.63) is 117 Å². The lowest BCUT2D eigenvalue weighted by atomic mass is 9.55. The number of carbonyl (C=O) groups is 1. The Morgan fingerprint density at radius 3 is 2.38 bits per heavy atom. The number of benzene rings is 3. The number of ether oxygens (including phenoxy) is 5. The number of carbonyl (C=O) groups excluding carboxylic acids is 1. The van der Waals surface area contributed by atoms with Crippen LogP contribution >= 0.6 is 0 Å². The van der Waals surface area contributed by atoms with E-state index in [0.717, 1.165) is 36.8 Å². The number of unbranched alkanes of at least 4 members (excludes halogenated alkanes) is 2. The molecule has 2 aliphatic carbocycles. The summed E-state index contributed by atoms with van der Waals surface area (Å²) in [4.78, 5) is 43.8. The summed E-state index contributed by atoms with van der Waals surface area (Å²) in [5.74, 6) is -1.42. The molecule has 0 spiro atoms. The molecular weight excluding hydrogens is 817 g/mol. The molecule has 7 rings (SSSR count). The number of nitrogens with zero attached hydrogens (tertiary/aromatic N) is 4. The molecular formula is C46H54N4O13. The Bertz CT molecular complexity index is 2170. The quantitative estimate of drug-likeness (QED) is 0.0500. The van der Waals surface area contributed by atoms with Gasteiger partial charge in [0.15, 0.2) is 0 Å². The molecule has 2 N–H and O–H groups in total. The maximum Gasteiger partial charge on any atom is 0.415 e. The van der Waals surface area contributed by atoms with E-state index < -0.39 is 40.0 Å². The first-order valence-corrected chi connectivity index (χ1v) is 21.5. The highest BCUT2D eigenvalue weighted by atomic mass is 16.8. The van der Waals surface area contributed by atoms with Gasteiger partial charge in [0.25, 0.3) is 11.4 Å². The summed E-state index contributed by atoms with van der Waals surface area (Å²) in [6, 6.07) is 15.6. The molecule has 2 aliphatic heterocycles. The average Bonchev–Trinajstić information content (AvgIpc) is 3.29. The third kappa shape index (κ3) is 10.0. The predicted octanol–water partition coefficient (Wildman–Crippen LogP) is 8.59. The molecule has 1 saturated heterocycles. The first-order chi connectivity index (χ1) is 30.6. The van der Waals surface area contributed by atoms with Crippen molar-refractivity contribution in [3.63, 3.8) is 0 Å². The third-order valence-corrected chi connectivity index (χ3v) is 12.3. The van der Waals surface area contributed by atoms with Crippen LogP contribution in [0.15, 0.2) is 96.2 Å². The highest BCUT2D eigenvalue weighted by Crippen LogP contribution is 2.62. The molecule has 63 heavy (non-hydrogen) atoms. The van der Waals surface area contributed by atoms with E-state index in [1.165, 1.54) is 41.3 Å². The van der Waals surface area contributed by atoms with Crippen molar-refractivity contribution in [2.24, 2.45) is 22.9 Å². The summed E-state index contributed by atoms with van der Waals surface area (Å²) in [6.45, 7) is 4.59. The minimum absolute atomic E-state index is 0.0193. The van der Waals surface area contributed by atoms with Gasteiger partial charge in [-0.3, -0.25) is 20.2 Å². The van der Waals surface area contributed by atoms with Gasteiger partial charge in [0.1, 0.15) is 29.0 Å². The highest BCUT2D eigenvalue weighted by Gasteiger charge is 2.65. The Kier molecular flexibility index (Phi) is 14.7. The molecule has 4 aliphatic rings. The number of non-ortho nitro benzene ring substituents is 2. The molecule has 1 saturated carbocycles. The fourth-order valence-electron chi connectivity index (χ4n) is 9.44. The van der Waals surface area contributed by atoms with Crippen molar-refractivity contribution in [1.29, 1.82) is 0 Å². The SMILES string of the molecule is C=CCOC12Oc3ccc(Oc4cccc([N+](=O)[O-])c4)cc3C3C(CCCCO)C(CCCCO)C=C(C(=NOC4CCCCO4)CC1N(C)C(=O)Oc1ccc([N+](=O)[O-])cc1)C32. The fraction of sp³-hybridized carbons (Fsp3) is 0.478. The lowest BCUT2D eigenvalue weighted by Gasteiger charge is -2.59. The Hall–Kier alpha value is -5.88. The van der Waals surface area contributed by atoms with Gasteiger partial charge in [-0.05, 0) is 92.3 Å². The first-order valence-electron chi connectivity index (χ1n) is 21.5. The Morgan fingerprint density at radius 1 is 0.952 bits per heavy atom. The van der Waals surface area contributed by atoms with Gasteiger partial charge in [-0.25, -0.2) is 4.79 Å². The minimum Gasteiger partial charge on any atom is -0.459 e. The van der Waals surface area contributed by atoms with Crippen molar-refractivity contribution < 1.29 is 53.4 Å². The van der Waals surface area contributed by atoms with Gasteiger partial charge >= 0.3 is 6.09 Å². The third-order valence-electron chi connectivity index (χ3n) is 12.3. The van der Waals surface area contributed by atoms with Crippen LogP contribution in [0.1, 0.15) is 75.7 Å². The van der Waals surface area contributed by atoms with Gasteiger partial charge in [0.05, 0.1) is 40.8 Å². The van der Waals surface area contributed by atoms with Crippen LogP contribution < -0.4 is 14.2 Å². The maximum absolute atomic E-state index is 14.3. The monoisotopic (exact) mass is 870 g/mol. The number of aliphatic hydroxyl groups excluding tert-OH is 2. The molecule has 2 fully saturated rings. The van der Waals surface area contributed by atoms with Gasteiger partial charge in [-0.15, -0.1) is 6.58 Å². The van der Waals surface area contributed by atoms with E-state index in [0.29, 0.717) is 55.9 Å². The summed E-state index contributed by atoms with van der Waals surface area (Å²) in [5, 5.41) is 47.6. The number of allylic oxidation sites excluding steroid dienone is 1. The van der Waals surface area contributed by atoms with E-state index in [4.69, 9.17) is 33.7 Å². The Morgan fingerprint density at radius 2 is 1.68 bits per heavy atom. The van der Waals surface area contributed by atoms with Crippen molar-refractivity contribution in [3.8, 4) is 23.0 Å². The van der Waals surface area contributed by atoms with E-state index in [2.05, 4.69) is 12.7 Å². The second kappa shape index (κ2) is 20.5. The number of nitro groups is 2. The number of fused-ring (bicyclic) bond motifs is 2. The van der Waals surface area contributed by atoms with Crippen LogP contribution in [0.2, 0.25) is 0 Å². The number of rotatable bonds is 19. The van der Waals surface area contributed by atoms with Gasteiger partial charge in [0, 0.05) is 62.8 Å². The molecule has 7 unspecified atom stereocenters. The molecule has 0 radical (unpaired) electrons. The summed E-state index contributed by atoms with van der Waals surface area (Å²) in [5.41, 5.74) is 1.89. The van der Waals surface area contributed by atoms with Crippen LogP contribution in [0.3, 0.4) is 0 Å². The lowest BCUT2D eigenvalue weighted by Crippen LogP contribution is -2.69. The van der Waals surface area contributed by atoms with Gasteiger partial charge < -0.3 is 43.6 Å². The zero-order chi connectivity index (χ0) is 44.5. The molecule has 2 heterocycles. The number of amides is 1. The summed E-state index contributed by atoms with van der Waals surface area (Å²) in [6.07, 6.45) is 9.15. The Balaban J connectivity index is 1.39. The minimum atomic E-state index is -1.57. The van der Waals surface area contributed by atoms with E-state index >= 15 is 0 Å². The molecule has 336 valence electrons. The fourth-order valence-corrected chi connectivity index (χ4v) is 9.44. The first kappa shape index (κ1) is 45.2. The molecule has 3 aromatic rings. The summed E-state index contributed by atoms with van der Waals surface area (Å²) >= 11 is 0. The van der Waals surface area contributed by atoms with Gasteiger partial charge in [-0.2, -0.15) is 0 Å². The van der Waals surface area contributed by atoms with Crippen LogP contribution in [-0.2, 0) is 14.3 Å². The predicted molar refractivity (Wildman–Crippen MR) is 230 cm³/mol. The van der Waals surface area contributed by atoms with Crippen molar-refractivity contribution in [2.75, 3.05) is 33.5 Å². The van der Waals surface area contributed by atoms with Crippen molar-refractivity contribution >= 4 is 23.2 Å². The maximum atomic E-state index is 14.3. The normalized spacial score (nSPS) is 25.4. The van der Waals surface area contributed by atoms with Crippen LogP contribution in [0, 0.1) is 38.0 Å². The molecule has 0 bridgehead atoms. The van der Waals surface area contributed by atoms with E-state index in [9.17, 15) is 35.2 Å². The summed E-state index contributed by atoms with van der Waals surface area (Å²) in [7, 11) is 1.58. The molecule has 7 atom stereocenters. The molecule has 17 nitrogen and oxygen atoms in total. The number of aliphatic hydroxyl groups is 2. The smallest absolute Gasteiger partial charge is 0.415 e. The number of nitro benzene ring substituents is 2. The largest absolute Gasteiger partial charge is 0.459 e. The van der Waals surface area contributed by atoms with Crippen LogP contribution in [-0.4, -0.2) is 88.4 Å². The van der Waals surface area contributed by atoms with Crippen LogP contribution in [0.25, 0.3) is 0 Å². The Labute approximate surface area is 365 Å².